The van der Waals surface area contributed by atoms with Gasteiger partial charge in [-0.15, -0.1) is 0 Å². The molecule has 5 N–H and O–H groups in total. The van der Waals surface area contributed by atoms with Gasteiger partial charge < -0.3 is 30.2 Å². The molecule has 1 aromatic heterocycles. The zero-order valence-corrected chi connectivity index (χ0v) is 25.5. The summed E-state index contributed by atoms with van der Waals surface area (Å²) in [4.78, 5) is 53.4. The third-order valence-electron chi connectivity index (χ3n) is 8.39. The molecule has 43 heavy (non-hydrogen) atoms. The van der Waals surface area contributed by atoms with Crippen molar-refractivity contribution in [2.24, 2.45) is 5.73 Å². The SMILES string of the molecule is CCCCCCCCCCCCCCCC(=O)N1[C@H](C(=O)OC)[C@@H]([C@H]2O[C@@H](n3ccc(=O)[nH]c3=O)[C@H](O)[C@@H]2O)O[C@@H]1CN. The van der Waals surface area contributed by atoms with E-state index in [1.54, 1.807) is 0 Å². The first-order valence-corrected chi connectivity index (χ1v) is 15.8. The Kier molecular flexibility index (Phi) is 14.3. The van der Waals surface area contributed by atoms with Crippen LogP contribution in [0.3, 0.4) is 0 Å². The number of unbranched alkanes of at least 4 members (excludes halogenated alkanes) is 12. The van der Waals surface area contributed by atoms with E-state index in [0.717, 1.165) is 36.1 Å². The van der Waals surface area contributed by atoms with Crippen LogP contribution >= 0.6 is 0 Å². The fourth-order valence-electron chi connectivity index (χ4n) is 6.01. The molecule has 2 saturated heterocycles. The van der Waals surface area contributed by atoms with Crippen LogP contribution in [0.5, 0.6) is 0 Å². The number of amides is 1. The number of carbonyl (C=O) groups excluding carboxylic acids is 2. The van der Waals surface area contributed by atoms with Crippen molar-refractivity contribution < 1.29 is 34.0 Å². The van der Waals surface area contributed by atoms with Crippen LogP contribution in [-0.2, 0) is 23.8 Å². The first kappa shape index (κ1) is 34.9. The first-order chi connectivity index (χ1) is 20.7. The molecule has 2 aliphatic rings. The van der Waals surface area contributed by atoms with Gasteiger partial charge in [0.15, 0.2) is 12.3 Å². The minimum atomic E-state index is -1.60. The molecule has 7 atom stereocenters. The molecule has 0 spiro atoms. The highest BCUT2D eigenvalue weighted by molar-refractivity contribution is 5.86. The van der Waals surface area contributed by atoms with Crippen LogP contribution in [-0.4, -0.2) is 86.9 Å². The van der Waals surface area contributed by atoms with E-state index in [4.69, 9.17) is 19.9 Å². The number of esters is 1. The van der Waals surface area contributed by atoms with Crippen molar-refractivity contribution in [2.45, 2.75) is 140 Å². The number of nitrogens with two attached hydrogens (primary N) is 1. The van der Waals surface area contributed by atoms with E-state index in [0.29, 0.717) is 6.42 Å². The van der Waals surface area contributed by atoms with E-state index in [-0.39, 0.29) is 18.9 Å². The molecule has 244 valence electrons. The van der Waals surface area contributed by atoms with Gasteiger partial charge in [0.05, 0.1) is 7.11 Å². The van der Waals surface area contributed by atoms with Crippen LogP contribution in [0.4, 0.5) is 0 Å². The minimum Gasteiger partial charge on any atom is -0.467 e. The predicted octanol–water partition coefficient (Wildman–Crippen LogP) is 1.69. The summed E-state index contributed by atoms with van der Waals surface area (Å²) in [7, 11) is 1.17. The Morgan fingerprint density at radius 1 is 0.907 bits per heavy atom. The summed E-state index contributed by atoms with van der Waals surface area (Å²) in [6.45, 7) is 2.11. The lowest BCUT2D eigenvalue weighted by molar-refractivity contribution is -0.154. The number of hydrogen-bond acceptors (Lipinski definition) is 10. The number of carbonyl (C=O) groups is 2. The molecule has 2 aliphatic heterocycles. The molecule has 1 amide bonds. The maximum absolute atomic E-state index is 13.4. The van der Waals surface area contributed by atoms with Gasteiger partial charge in [0.25, 0.3) is 5.56 Å². The molecule has 2 fully saturated rings. The lowest BCUT2D eigenvalue weighted by atomic mass is 9.98. The summed E-state index contributed by atoms with van der Waals surface area (Å²) in [5.74, 6) is -1.12. The lowest BCUT2D eigenvalue weighted by Crippen LogP contribution is -2.53. The molecule has 13 heteroatoms. The van der Waals surface area contributed by atoms with E-state index in [1.807, 2.05) is 0 Å². The molecule has 0 aliphatic carbocycles. The van der Waals surface area contributed by atoms with E-state index in [1.165, 1.54) is 69.8 Å². The molecule has 0 radical (unpaired) electrons. The van der Waals surface area contributed by atoms with E-state index >= 15 is 0 Å². The fourth-order valence-corrected chi connectivity index (χ4v) is 6.01. The quantitative estimate of drug-likeness (QED) is 0.141. The highest BCUT2D eigenvalue weighted by Crippen LogP contribution is 2.37. The average molecular weight is 611 g/mol. The summed E-state index contributed by atoms with van der Waals surface area (Å²) < 4.78 is 17.7. The molecule has 0 bridgehead atoms. The van der Waals surface area contributed by atoms with Crippen molar-refractivity contribution in [3.63, 3.8) is 0 Å². The smallest absolute Gasteiger partial charge is 0.331 e. The summed E-state index contributed by atoms with van der Waals surface area (Å²) in [6, 6.07) is -0.215. The maximum Gasteiger partial charge on any atom is 0.331 e. The van der Waals surface area contributed by atoms with E-state index < -0.39 is 60.1 Å². The normalized spacial score (nSPS) is 27.1. The molecular weight excluding hydrogens is 560 g/mol. The van der Waals surface area contributed by atoms with Gasteiger partial charge in [-0.25, -0.2) is 9.59 Å². The predicted molar refractivity (Wildman–Crippen MR) is 158 cm³/mol. The van der Waals surface area contributed by atoms with Gasteiger partial charge in [-0.2, -0.15) is 0 Å². The number of aliphatic hydroxyl groups excluding tert-OH is 2. The maximum atomic E-state index is 13.4. The van der Waals surface area contributed by atoms with Gasteiger partial charge in [0, 0.05) is 25.2 Å². The summed E-state index contributed by atoms with van der Waals surface area (Å²) in [6.07, 6.45) is 8.48. The number of aromatic amines is 1. The van der Waals surface area contributed by atoms with Gasteiger partial charge >= 0.3 is 11.7 Å². The van der Waals surface area contributed by atoms with Crippen molar-refractivity contribution in [3.05, 3.63) is 33.1 Å². The Bertz CT molecular complexity index is 1130. The average Bonchev–Trinajstić information content (AvgIpc) is 3.52. The van der Waals surface area contributed by atoms with Gasteiger partial charge in [-0.1, -0.05) is 84.0 Å². The van der Waals surface area contributed by atoms with Gasteiger partial charge in [0.2, 0.25) is 5.91 Å². The molecule has 1 aromatic rings. The van der Waals surface area contributed by atoms with Gasteiger partial charge in [-0.05, 0) is 6.42 Å². The van der Waals surface area contributed by atoms with Crippen LogP contribution < -0.4 is 17.0 Å². The van der Waals surface area contributed by atoms with Gasteiger partial charge in [-0.3, -0.25) is 24.0 Å². The zero-order chi connectivity index (χ0) is 31.4. The van der Waals surface area contributed by atoms with Crippen LogP contribution in [0.15, 0.2) is 21.9 Å². The third-order valence-corrected chi connectivity index (χ3v) is 8.39. The van der Waals surface area contributed by atoms with Gasteiger partial charge in [0.1, 0.15) is 30.6 Å². The highest BCUT2D eigenvalue weighted by Gasteiger charge is 2.58. The van der Waals surface area contributed by atoms with E-state index in [2.05, 4.69) is 11.9 Å². The second-order valence-electron chi connectivity index (χ2n) is 11.5. The molecule has 0 unspecified atom stereocenters. The number of ether oxygens (including phenoxy) is 3. The largest absolute Gasteiger partial charge is 0.467 e. The van der Waals surface area contributed by atoms with Crippen molar-refractivity contribution in [1.82, 2.24) is 14.5 Å². The number of rotatable bonds is 18. The highest BCUT2D eigenvalue weighted by atomic mass is 16.6. The second-order valence-corrected chi connectivity index (χ2v) is 11.5. The number of H-pyrrole nitrogens is 1. The minimum absolute atomic E-state index is 0.123. The van der Waals surface area contributed by atoms with Crippen LogP contribution in [0, 0.1) is 0 Å². The van der Waals surface area contributed by atoms with E-state index in [9.17, 15) is 29.4 Å². The first-order valence-electron chi connectivity index (χ1n) is 15.8. The number of aliphatic hydroxyl groups is 2. The fraction of sp³-hybridized carbons (Fsp3) is 0.800. The number of hydrogen-bond donors (Lipinski definition) is 4. The van der Waals surface area contributed by atoms with Crippen molar-refractivity contribution in [2.75, 3.05) is 13.7 Å². The monoisotopic (exact) mass is 610 g/mol. The molecule has 3 heterocycles. The number of nitrogens with zero attached hydrogens (tertiary/aromatic N) is 2. The van der Waals surface area contributed by atoms with Crippen LogP contribution in [0.2, 0.25) is 0 Å². The molecule has 0 aromatic carbocycles. The van der Waals surface area contributed by atoms with Crippen molar-refractivity contribution in [3.8, 4) is 0 Å². The Balaban J connectivity index is 1.54. The van der Waals surface area contributed by atoms with Crippen molar-refractivity contribution in [1.29, 1.82) is 0 Å². The Morgan fingerprint density at radius 3 is 2.02 bits per heavy atom. The van der Waals surface area contributed by atoms with Crippen LogP contribution in [0.25, 0.3) is 0 Å². The molecule has 3 rings (SSSR count). The lowest BCUT2D eigenvalue weighted by Gasteiger charge is -2.28. The topological polar surface area (TPSA) is 186 Å². The second kappa shape index (κ2) is 17.6. The summed E-state index contributed by atoms with van der Waals surface area (Å²) in [5, 5.41) is 21.6. The Hall–Kier alpha value is -2.58. The summed E-state index contributed by atoms with van der Waals surface area (Å²) >= 11 is 0. The Morgan fingerprint density at radius 2 is 1.49 bits per heavy atom. The number of aromatic nitrogens is 2. The molecule has 13 nitrogen and oxygen atoms in total. The zero-order valence-electron chi connectivity index (χ0n) is 25.5. The van der Waals surface area contributed by atoms with Crippen molar-refractivity contribution >= 4 is 11.9 Å². The Labute approximate surface area is 252 Å². The third kappa shape index (κ3) is 9.21. The standard InChI is InChI=1S/C30H50N4O9/c1-3-4-5-6-7-8-9-10-11-12-13-14-15-16-21(36)34-22(19-31)42-26(23(34)29(39)41-2)27-24(37)25(38)28(43-27)33-18-17-20(35)32-30(33)40/h17-18,22-28,37-38H,3-16,19,31H2,1-2H3,(H,32,35,40)/t22-,23+,24+,25-,26+,27+,28-/m1/s1. The molecular formula is C30H50N4O9. The molecule has 0 saturated carbocycles. The summed E-state index contributed by atoms with van der Waals surface area (Å²) in [5.41, 5.74) is 4.42. The number of methoxy groups -OCH3 is 1. The number of nitrogens with one attached hydrogen (secondary N) is 1. The van der Waals surface area contributed by atoms with Crippen LogP contribution in [0.1, 0.15) is 103 Å².